The fourth-order valence-corrected chi connectivity index (χ4v) is 2.57. The van der Waals surface area contributed by atoms with Crippen LogP contribution in [0.4, 0.5) is 10.5 Å². The van der Waals surface area contributed by atoms with Crippen LogP contribution in [0.25, 0.3) is 0 Å². The zero-order valence-electron chi connectivity index (χ0n) is 10.6. The van der Waals surface area contributed by atoms with E-state index in [2.05, 4.69) is 5.32 Å². The number of anilines is 1. The fourth-order valence-electron chi connectivity index (χ4n) is 2.23. The first-order chi connectivity index (χ1) is 9.47. The number of carboxylic acids is 1. The number of carboxylic acid groups (broad SMARTS) is 1. The van der Waals surface area contributed by atoms with Crippen molar-refractivity contribution in [2.24, 2.45) is 5.92 Å². The highest BCUT2D eigenvalue weighted by Gasteiger charge is 2.28. The molecular formula is C13H14Cl2N2O3. The number of halogens is 2. The van der Waals surface area contributed by atoms with Gasteiger partial charge in [-0.1, -0.05) is 29.3 Å². The Morgan fingerprint density at radius 2 is 2.15 bits per heavy atom. The molecule has 1 atom stereocenters. The third-order valence-corrected chi connectivity index (χ3v) is 4.05. The van der Waals surface area contributed by atoms with Gasteiger partial charge in [0.2, 0.25) is 0 Å². The quantitative estimate of drug-likeness (QED) is 0.898. The molecule has 2 amide bonds. The van der Waals surface area contributed by atoms with Crippen LogP contribution >= 0.6 is 23.2 Å². The second-order valence-electron chi connectivity index (χ2n) is 4.73. The maximum Gasteiger partial charge on any atom is 0.321 e. The number of urea groups is 1. The molecule has 7 heteroatoms. The van der Waals surface area contributed by atoms with Crippen molar-refractivity contribution in [3.8, 4) is 0 Å². The Bertz CT molecular complexity index is 536. The third-order valence-electron chi connectivity index (χ3n) is 3.23. The van der Waals surface area contributed by atoms with Crippen molar-refractivity contribution in [2.45, 2.75) is 12.8 Å². The molecule has 1 saturated heterocycles. The summed E-state index contributed by atoms with van der Waals surface area (Å²) in [5, 5.41) is 12.1. The molecular weight excluding hydrogens is 303 g/mol. The maximum atomic E-state index is 12.1. The molecule has 1 fully saturated rings. The number of hydrogen-bond donors (Lipinski definition) is 2. The Morgan fingerprint density at radius 3 is 2.85 bits per heavy atom. The summed E-state index contributed by atoms with van der Waals surface area (Å²) in [5.74, 6) is -0.830. The summed E-state index contributed by atoms with van der Waals surface area (Å²) in [4.78, 5) is 24.3. The highest BCUT2D eigenvalue weighted by atomic mass is 35.5. The molecule has 0 aliphatic carbocycles. The smallest absolute Gasteiger partial charge is 0.321 e. The third kappa shape index (κ3) is 3.55. The number of carbonyl (C=O) groups is 2. The number of likely N-dealkylation sites (tertiary alicyclic amines) is 1. The Hall–Kier alpha value is -1.46. The summed E-state index contributed by atoms with van der Waals surface area (Å²) in [6.45, 7) is 0.984. The predicted molar refractivity (Wildman–Crippen MR) is 77.4 cm³/mol. The van der Waals surface area contributed by atoms with Gasteiger partial charge in [-0.15, -0.1) is 0 Å². The van der Waals surface area contributed by atoms with E-state index < -0.39 is 5.97 Å². The second kappa shape index (κ2) is 6.33. The largest absolute Gasteiger partial charge is 0.481 e. The van der Waals surface area contributed by atoms with Crippen LogP contribution in [0.15, 0.2) is 18.2 Å². The molecule has 1 unspecified atom stereocenters. The van der Waals surface area contributed by atoms with Crippen molar-refractivity contribution in [1.82, 2.24) is 4.90 Å². The van der Waals surface area contributed by atoms with Crippen LogP contribution < -0.4 is 5.32 Å². The molecule has 1 aliphatic rings. The highest BCUT2D eigenvalue weighted by molar-refractivity contribution is 6.43. The van der Waals surface area contributed by atoms with Gasteiger partial charge in [0, 0.05) is 19.5 Å². The second-order valence-corrected chi connectivity index (χ2v) is 5.52. The van der Waals surface area contributed by atoms with Gasteiger partial charge in [0.25, 0.3) is 0 Å². The first kappa shape index (κ1) is 14.9. The lowest BCUT2D eigenvalue weighted by atomic mass is 10.1. The Morgan fingerprint density at radius 1 is 1.40 bits per heavy atom. The molecule has 108 valence electrons. The number of rotatable bonds is 3. The zero-order valence-corrected chi connectivity index (χ0v) is 12.1. The SMILES string of the molecule is O=C(O)CC1CCN(C(=O)Nc2cccc(Cl)c2Cl)C1. The summed E-state index contributed by atoms with van der Waals surface area (Å²) in [6, 6.07) is 4.71. The van der Waals surface area contributed by atoms with Gasteiger partial charge in [-0.25, -0.2) is 4.79 Å². The van der Waals surface area contributed by atoms with E-state index in [0.717, 1.165) is 0 Å². The topological polar surface area (TPSA) is 69.6 Å². The zero-order chi connectivity index (χ0) is 14.7. The average molecular weight is 317 g/mol. The monoisotopic (exact) mass is 316 g/mol. The number of amides is 2. The van der Waals surface area contributed by atoms with Crippen LogP contribution in [0.5, 0.6) is 0 Å². The molecule has 20 heavy (non-hydrogen) atoms. The van der Waals surface area contributed by atoms with E-state index in [9.17, 15) is 9.59 Å². The van der Waals surface area contributed by atoms with E-state index in [0.29, 0.717) is 35.2 Å². The van der Waals surface area contributed by atoms with Crippen LogP contribution in [0.1, 0.15) is 12.8 Å². The number of benzene rings is 1. The summed E-state index contributed by atoms with van der Waals surface area (Å²) < 4.78 is 0. The molecule has 2 rings (SSSR count). The van der Waals surface area contributed by atoms with E-state index >= 15 is 0 Å². The molecule has 5 nitrogen and oxygen atoms in total. The molecule has 1 aliphatic heterocycles. The molecule has 1 aromatic carbocycles. The first-order valence-corrected chi connectivity index (χ1v) is 6.94. The minimum Gasteiger partial charge on any atom is -0.481 e. The van der Waals surface area contributed by atoms with Crippen LogP contribution in [0, 0.1) is 5.92 Å². The maximum absolute atomic E-state index is 12.1. The molecule has 0 bridgehead atoms. The molecule has 0 saturated carbocycles. The molecule has 0 aromatic heterocycles. The van der Waals surface area contributed by atoms with Crippen molar-refractivity contribution >= 4 is 40.9 Å². The molecule has 1 heterocycles. The van der Waals surface area contributed by atoms with Gasteiger partial charge in [-0.2, -0.15) is 0 Å². The molecule has 1 aromatic rings. The Balaban J connectivity index is 1.96. The number of hydrogen-bond acceptors (Lipinski definition) is 2. The lowest BCUT2D eigenvalue weighted by Crippen LogP contribution is -2.33. The minimum absolute atomic E-state index is 0.00748. The van der Waals surface area contributed by atoms with Crippen molar-refractivity contribution in [3.63, 3.8) is 0 Å². The van der Waals surface area contributed by atoms with E-state index in [1.54, 1.807) is 23.1 Å². The summed E-state index contributed by atoms with van der Waals surface area (Å²) in [7, 11) is 0. The summed E-state index contributed by atoms with van der Waals surface area (Å²) >= 11 is 11.9. The minimum atomic E-state index is -0.838. The lowest BCUT2D eigenvalue weighted by molar-refractivity contribution is -0.138. The van der Waals surface area contributed by atoms with Gasteiger partial charge in [0.1, 0.15) is 0 Å². The molecule has 0 radical (unpaired) electrons. The lowest BCUT2D eigenvalue weighted by Gasteiger charge is -2.18. The van der Waals surface area contributed by atoms with Crippen LogP contribution in [-0.4, -0.2) is 35.1 Å². The van der Waals surface area contributed by atoms with E-state index in [4.69, 9.17) is 28.3 Å². The summed E-state index contributed by atoms with van der Waals surface area (Å²) in [5.41, 5.74) is 0.450. The van der Waals surface area contributed by atoms with E-state index in [-0.39, 0.29) is 18.4 Å². The number of nitrogens with one attached hydrogen (secondary N) is 1. The van der Waals surface area contributed by atoms with Gasteiger partial charge < -0.3 is 15.3 Å². The van der Waals surface area contributed by atoms with Crippen LogP contribution in [0.3, 0.4) is 0 Å². The van der Waals surface area contributed by atoms with Crippen molar-refractivity contribution in [3.05, 3.63) is 28.2 Å². The van der Waals surface area contributed by atoms with Crippen LogP contribution in [-0.2, 0) is 4.79 Å². The van der Waals surface area contributed by atoms with Crippen molar-refractivity contribution < 1.29 is 14.7 Å². The van der Waals surface area contributed by atoms with Crippen LogP contribution in [0.2, 0.25) is 10.0 Å². The predicted octanol–water partition coefficient (Wildman–Crippen LogP) is 3.32. The van der Waals surface area contributed by atoms with E-state index in [1.165, 1.54) is 0 Å². The Labute approximate surface area is 126 Å². The highest BCUT2D eigenvalue weighted by Crippen LogP contribution is 2.30. The average Bonchev–Trinajstić information content (AvgIpc) is 2.82. The van der Waals surface area contributed by atoms with Gasteiger partial charge in [-0.05, 0) is 24.5 Å². The van der Waals surface area contributed by atoms with Crippen molar-refractivity contribution in [1.29, 1.82) is 0 Å². The standard InChI is InChI=1S/C13H14Cl2N2O3/c14-9-2-1-3-10(12(9)15)16-13(20)17-5-4-8(7-17)6-11(18)19/h1-3,8H,4-7H2,(H,16,20)(H,18,19). The van der Waals surface area contributed by atoms with Crippen molar-refractivity contribution in [2.75, 3.05) is 18.4 Å². The number of nitrogens with zero attached hydrogens (tertiary/aromatic N) is 1. The van der Waals surface area contributed by atoms with Gasteiger partial charge in [-0.3, -0.25) is 4.79 Å². The summed E-state index contributed by atoms with van der Waals surface area (Å²) in [6.07, 6.45) is 0.782. The number of carbonyl (C=O) groups excluding carboxylic acids is 1. The fraction of sp³-hybridized carbons (Fsp3) is 0.385. The van der Waals surface area contributed by atoms with E-state index in [1.807, 2.05) is 0 Å². The molecule has 2 N–H and O–H groups in total. The number of aliphatic carboxylic acids is 1. The first-order valence-electron chi connectivity index (χ1n) is 6.19. The normalized spacial score (nSPS) is 18.1. The Kier molecular flexibility index (Phi) is 4.73. The van der Waals surface area contributed by atoms with Gasteiger partial charge in [0.15, 0.2) is 0 Å². The van der Waals surface area contributed by atoms with Gasteiger partial charge in [0.05, 0.1) is 15.7 Å². The van der Waals surface area contributed by atoms with Gasteiger partial charge >= 0.3 is 12.0 Å². The molecule has 0 spiro atoms.